The second-order valence-corrected chi connectivity index (χ2v) is 4.70. The molecule has 1 rings (SSSR count). The van der Waals surface area contributed by atoms with Gasteiger partial charge in [0.15, 0.2) is 0 Å². The molecule has 0 aromatic heterocycles. The molecule has 0 spiro atoms. The van der Waals surface area contributed by atoms with Gasteiger partial charge < -0.3 is 30.6 Å². The van der Waals surface area contributed by atoms with E-state index < -0.39 is 42.5 Å². The zero-order valence-electron chi connectivity index (χ0n) is 11.8. The van der Waals surface area contributed by atoms with E-state index in [2.05, 4.69) is 0 Å². The fourth-order valence-electron chi connectivity index (χ4n) is 1.63. The molecule has 0 unspecified atom stereocenters. The van der Waals surface area contributed by atoms with Crippen molar-refractivity contribution in [1.82, 2.24) is 10.9 Å². The summed E-state index contributed by atoms with van der Waals surface area (Å²) in [5.41, 5.74) is 0.515. The predicted molar refractivity (Wildman–Crippen MR) is 74.7 cm³/mol. The van der Waals surface area contributed by atoms with Crippen molar-refractivity contribution in [2.24, 2.45) is 0 Å². The van der Waals surface area contributed by atoms with Crippen LogP contribution in [0.2, 0.25) is 0 Å². The summed E-state index contributed by atoms with van der Waals surface area (Å²) >= 11 is 0. The summed E-state index contributed by atoms with van der Waals surface area (Å²) in [6.45, 7) is -0.982. The first-order valence-electron chi connectivity index (χ1n) is 6.47. The molecule has 23 heavy (non-hydrogen) atoms. The third kappa shape index (κ3) is 4.45. The van der Waals surface area contributed by atoms with Crippen molar-refractivity contribution in [2.45, 2.75) is 24.0 Å². The molecule has 0 radical (unpaired) electrons. The maximum atomic E-state index is 11.8. The highest BCUT2D eigenvalue weighted by molar-refractivity contribution is 5.94. The number of hydrazine groups is 1. The van der Waals surface area contributed by atoms with Gasteiger partial charge in [0, 0.05) is 5.56 Å². The number of amides is 1. The lowest BCUT2D eigenvalue weighted by Crippen LogP contribution is -2.69. The Balaban J connectivity index is 2.85. The Labute approximate surface area is 130 Å². The van der Waals surface area contributed by atoms with Crippen LogP contribution in [-0.4, -0.2) is 73.2 Å². The smallest absolute Gasteiger partial charge is 0.355 e. The quantitative estimate of drug-likeness (QED) is 0.180. The Bertz CT molecular complexity index is 540. The topological polar surface area (TPSA) is 180 Å². The number of aliphatic hydroxyl groups is 5. The Morgan fingerprint density at radius 3 is 2.17 bits per heavy atom. The third-order valence-electron chi connectivity index (χ3n) is 3.06. The highest BCUT2D eigenvalue weighted by atomic mass is 16.4. The second kappa shape index (κ2) is 7.97. The molecule has 1 aromatic rings. The highest BCUT2D eigenvalue weighted by Crippen LogP contribution is 2.14. The lowest BCUT2D eigenvalue weighted by molar-refractivity contribution is -0.200. The van der Waals surface area contributed by atoms with Crippen LogP contribution in [-0.2, 0) is 4.79 Å². The Kier molecular flexibility index (Phi) is 6.57. The van der Waals surface area contributed by atoms with Crippen molar-refractivity contribution >= 4 is 11.9 Å². The molecule has 0 aliphatic heterocycles. The maximum absolute atomic E-state index is 11.8. The molecule has 128 valence electrons. The molecule has 10 nitrogen and oxygen atoms in total. The molecule has 4 atom stereocenters. The molecular formula is C13H18N2O8. The van der Waals surface area contributed by atoms with Crippen LogP contribution in [0.1, 0.15) is 10.4 Å². The summed E-state index contributed by atoms with van der Waals surface area (Å²) in [6, 6.07) is 7.58. The lowest BCUT2D eigenvalue weighted by atomic mass is 9.98. The summed E-state index contributed by atoms with van der Waals surface area (Å²) < 4.78 is 0. The van der Waals surface area contributed by atoms with Crippen molar-refractivity contribution in [3.63, 3.8) is 0 Å². The van der Waals surface area contributed by atoms with Crippen LogP contribution in [0.4, 0.5) is 0 Å². The maximum Gasteiger partial charge on any atom is 0.355 e. The predicted octanol–water partition coefficient (Wildman–Crippen LogP) is -3.23. The van der Waals surface area contributed by atoms with Crippen molar-refractivity contribution in [3.8, 4) is 0 Å². The number of benzene rings is 1. The molecule has 1 aromatic carbocycles. The van der Waals surface area contributed by atoms with Gasteiger partial charge in [-0.15, -0.1) is 0 Å². The zero-order valence-corrected chi connectivity index (χ0v) is 11.8. The van der Waals surface area contributed by atoms with E-state index >= 15 is 0 Å². The molecule has 1 amide bonds. The second-order valence-electron chi connectivity index (χ2n) is 4.70. The normalized spacial score (nSPS) is 17.6. The van der Waals surface area contributed by atoms with E-state index in [4.69, 9.17) is 10.2 Å². The summed E-state index contributed by atoms with van der Waals surface area (Å²) in [4.78, 5) is 22.9. The number of carboxylic acids is 1. The number of carbonyl (C=O) groups is 2. The first kappa shape index (κ1) is 19.0. The Morgan fingerprint density at radius 2 is 1.70 bits per heavy atom. The van der Waals surface area contributed by atoms with Gasteiger partial charge >= 0.3 is 5.97 Å². The minimum atomic E-state index is -3.21. The summed E-state index contributed by atoms with van der Waals surface area (Å²) in [5, 5.41) is 56.1. The molecule has 0 bridgehead atoms. The van der Waals surface area contributed by atoms with Gasteiger partial charge in [0.05, 0.1) is 6.61 Å². The molecular weight excluding hydrogens is 312 g/mol. The van der Waals surface area contributed by atoms with E-state index in [0.29, 0.717) is 0 Å². The number of hydrogen-bond donors (Lipinski definition) is 8. The average Bonchev–Trinajstić information content (AvgIpc) is 2.57. The van der Waals surface area contributed by atoms with Crippen molar-refractivity contribution < 1.29 is 40.2 Å². The Morgan fingerprint density at radius 1 is 1.13 bits per heavy atom. The van der Waals surface area contributed by atoms with Crippen molar-refractivity contribution in [3.05, 3.63) is 35.9 Å². The van der Waals surface area contributed by atoms with Gasteiger partial charge in [-0.05, 0) is 12.1 Å². The van der Waals surface area contributed by atoms with Crippen LogP contribution in [0.25, 0.3) is 0 Å². The number of nitrogens with one attached hydrogen (secondary N) is 2. The van der Waals surface area contributed by atoms with Crippen LogP contribution in [0.15, 0.2) is 30.3 Å². The van der Waals surface area contributed by atoms with Crippen LogP contribution in [0.5, 0.6) is 0 Å². The molecule has 0 fully saturated rings. The summed E-state index contributed by atoms with van der Waals surface area (Å²) in [7, 11) is 0. The van der Waals surface area contributed by atoms with E-state index in [1.165, 1.54) is 12.1 Å². The van der Waals surface area contributed by atoms with Gasteiger partial charge in [0.25, 0.3) is 11.6 Å². The van der Waals surface area contributed by atoms with E-state index in [0.717, 1.165) is 0 Å². The minimum Gasteiger partial charge on any atom is -0.478 e. The fraction of sp³-hybridized carbons (Fsp3) is 0.385. The molecule has 0 saturated heterocycles. The first-order chi connectivity index (χ1) is 10.7. The summed E-state index contributed by atoms with van der Waals surface area (Å²) in [6.07, 6.45) is -6.55. The SMILES string of the molecule is O=C(NN[C@@](O)(C(=O)O)[C@H](O)[C@@H](O)[C@@H](O)CO)c1ccccc1. The molecule has 0 saturated carbocycles. The number of rotatable bonds is 8. The third-order valence-corrected chi connectivity index (χ3v) is 3.06. The molecule has 0 heterocycles. The summed E-state index contributed by atoms with van der Waals surface area (Å²) in [5.74, 6) is -2.84. The van der Waals surface area contributed by atoms with Crippen molar-refractivity contribution in [2.75, 3.05) is 6.61 Å². The van der Waals surface area contributed by atoms with Gasteiger partial charge in [-0.3, -0.25) is 10.2 Å². The number of carboxylic acid groups (broad SMARTS) is 1. The molecule has 8 N–H and O–H groups in total. The van der Waals surface area contributed by atoms with E-state index in [1.54, 1.807) is 23.6 Å². The number of aliphatic carboxylic acids is 1. The van der Waals surface area contributed by atoms with E-state index in [-0.39, 0.29) is 5.56 Å². The van der Waals surface area contributed by atoms with E-state index in [1.807, 2.05) is 5.43 Å². The standard InChI is InChI=1S/C13H18N2O8/c16-6-8(17)9(18)10(19)13(23,12(21)22)15-14-11(20)7-4-2-1-3-5-7/h1-5,8-10,15-19,23H,6H2,(H,14,20)(H,21,22)/t8-,9-,10+,13-/m0/s1. The lowest BCUT2D eigenvalue weighted by Gasteiger charge is -2.33. The van der Waals surface area contributed by atoms with Crippen LogP contribution >= 0.6 is 0 Å². The largest absolute Gasteiger partial charge is 0.478 e. The monoisotopic (exact) mass is 330 g/mol. The molecule has 10 heteroatoms. The molecule has 0 aliphatic carbocycles. The highest BCUT2D eigenvalue weighted by Gasteiger charge is 2.49. The van der Waals surface area contributed by atoms with Crippen LogP contribution < -0.4 is 10.9 Å². The average molecular weight is 330 g/mol. The number of carbonyl (C=O) groups excluding carboxylic acids is 1. The minimum absolute atomic E-state index is 0.137. The van der Waals surface area contributed by atoms with Gasteiger partial charge in [-0.2, -0.15) is 5.43 Å². The first-order valence-corrected chi connectivity index (χ1v) is 6.47. The van der Waals surface area contributed by atoms with Crippen molar-refractivity contribution in [1.29, 1.82) is 0 Å². The number of aliphatic hydroxyl groups excluding tert-OH is 4. The fourth-order valence-corrected chi connectivity index (χ4v) is 1.63. The zero-order chi connectivity index (χ0) is 17.6. The van der Waals surface area contributed by atoms with Gasteiger partial charge in [-0.1, -0.05) is 18.2 Å². The van der Waals surface area contributed by atoms with Crippen LogP contribution in [0, 0.1) is 0 Å². The van der Waals surface area contributed by atoms with Gasteiger partial charge in [0.2, 0.25) is 0 Å². The van der Waals surface area contributed by atoms with E-state index in [9.17, 15) is 30.0 Å². The van der Waals surface area contributed by atoms with Gasteiger partial charge in [-0.25, -0.2) is 4.79 Å². The van der Waals surface area contributed by atoms with Crippen LogP contribution in [0.3, 0.4) is 0 Å². The molecule has 0 aliphatic rings. The Hall–Kier alpha value is -2.08. The van der Waals surface area contributed by atoms with Gasteiger partial charge in [0.1, 0.15) is 18.3 Å². The number of hydrogen-bond acceptors (Lipinski definition) is 8.